The van der Waals surface area contributed by atoms with Gasteiger partial charge in [-0.2, -0.15) is 0 Å². The molecule has 1 saturated heterocycles. The number of fused-ring (bicyclic) bond motifs is 7. The van der Waals surface area contributed by atoms with E-state index in [2.05, 4.69) is 10.6 Å². The smallest absolute Gasteiger partial charge is 0.407 e. The van der Waals surface area contributed by atoms with Crippen molar-refractivity contribution in [1.82, 2.24) is 5.32 Å². The average Bonchev–Trinajstić information content (AvgIpc) is 3.69. The Morgan fingerprint density at radius 3 is 2.47 bits per heavy atom. The van der Waals surface area contributed by atoms with Crippen LogP contribution < -0.4 is 10.6 Å². The number of alkyl halides is 2. The van der Waals surface area contributed by atoms with Crippen LogP contribution in [-0.2, 0) is 35.0 Å². The molecule has 4 N–H and O–H groups in total. The molecule has 4 fully saturated rings. The third kappa shape index (κ3) is 7.53. The molecule has 4 aliphatic carbocycles. The number of carbonyl (C=O) groups is 4. The Hall–Kier alpha value is -4.30. The molecular formula is C47H58F2N2O9. The lowest BCUT2D eigenvalue weighted by Gasteiger charge is -2.63. The molecular weight excluding hydrogens is 775 g/mol. The number of aliphatic hydroxyl groups is 2. The van der Waals surface area contributed by atoms with E-state index in [0.717, 1.165) is 30.0 Å². The number of anilines is 1. The van der Waals surface area contributed by atoms with E-state index < -0.39 is 88.5 Å². The number of unbranched alkanes of at least 4 members (excludes halogenated alkanes) is 1. The first kappa shape index (κ1) is 43.8. The van der Waals surface area contributed by atoms with Crippen molar-refractivity contribution < 1.29 is 52.4 Å². The summed E-state index contributed by atoms with van der Waals surface area (Å²) in [4.78, 5) is 51.0. The number of alkyl carbamates (subject to hydrolysis) is 1. The summed E-state index contributed by atoms with van der Waals surface area (Å²) in [5.41, 5.74) is -4.11. The average molecular weight is 833 g/mol. The van der Waals surface area contributed by atoms with Crippen LogP contribution in [0.2, 0.25) is 0 Å². The van der Waals surface area contributed by atoms with Crippen LogP contribution in [-0.4, -0.2) is 82.2 Å². The number of hydrogen-bond acceptors (Lipinski definition) is 9. The lowest BCUT2D eigenvalue weighted by molar-refractivity contribution is -0.235. The van der Waals surface area contributed by atoms with Crippen molar-refractivity contribution in [2.24, 2.45) is 28.6 Å². The SMILES string of the molecule is C[C@@H](CCCCNC(=O)OC(C)(C)C)C(=O)Nc1cccc(Cc2ccc([C@@H]3O[C@@H]4C[C@H]5[C@@H]6C[C@H](F)C7=CC(=O)C=C[C@]7(C)[C@@]6(F)[C@@H](O)C[C@]5(C)[C@]4(C(=O)CO)O3)cc2)c1. The van der Waals surface area contributed by atoms with E-state index in [1.165, 1.54) is 19.1 Å². The van der Waals surface area contributed by atoms with Gasteiger partial charge in [0.1, 0.15) is 18.4 Å². The van der Waals surface area contributed by atoms with Crippen LogP contribution in [0.5, 0.6) is 0 Å². The van der Waals surface area contributed by atoms with Crippen LogP contribution in [0.25, 0.3) is 0 Å². The number of carbonyl (C=O) groups excluding carboxylic acids is 4. The highest BCUT2D eigenvalue weighted by molar-refractivity contribution is 6.01. The summed E-state index contributed by atoms with van der Waals surface area (Å²) in [7, 11) is 0. The molecule has 2 aromatic carbocycles. The van der Waals surface area contributed by atoms with Gasteiger partial charge in [-0.3, -0.25) is 14.4 Å². The van der Waals surface area contributed by atoms with Gasteiger partial charge in [0.15, 0.2) is 29.1 Å². The molecule has 11 atom stereocenters. The largest absolute Gasteiger partial charge is 0.444 e. The lowest BCUT2D eigenvalue weighted by Crippen LogP contribution is -2.70. The molecule has 11 nitrogen and oxygen atoms in total. The van der Waals surface area contributed by atoms with Crippen molar-refractivity contribution in [2.45, 2.75) is 128 Å². The number of Topliss-reactive ketones (excluding diaryl/α,β-unsaturated/α-hetero) is 1. The van der Waals surface area contributed by atoms with E-state index in [9.17, 15) is 29.4 Å². The van der Waals surface area contributed by atoms with Crippen molar-refractivity contribution in [3.8, 4) is 0 Å². The van der Waals surface area contributed by atoms with E-state index in [4.69, 9.17) is 14.2 Å². The van der Waals surface area contributed by atoms with Gasteiger partial charge in [0.2, 0.25) is 5.91 Å². The molecule has 0 spiro atoms. The highest BCUT2D eigenvalue weighted by Gasteiger charge is 2.80. The first-order valence-corrected chi connectivity index (χ1v) is 21.1. The predicted octanol–water partition coefficient (Wildman–Crippen LogP) is 7.19. The van der Waals surface area contributed by atoms with Crippen molar-refractivity contribution >= 4 is 29.3 Å². The number of ketones is 2. The number of halogens is 2. The number of ether oxygens (including phenoxy) is 3. The number of nitrogens with one attached hydrogen (secondary N) is 2. The van der Waals surface area contributed by atoms with E-state index >= 15 is 8.78 Å². The van der Waals surface area contributed by atoms with E-state index in [1.807, 2.05) is 76.2 Å². The van der Waals surface area contributed by atoms with Crippen molar-refractivity contribution in [3.05, 3.63) is 89.0 Å². The van der Waals surface area contributed by atoms with Gasteiger partial charge in [-0.25, -0.2) is 13.6 Å². The third-order valence-electron chi connectivity index (χ3n) is 14.0. The van der Waals surface area contributed by atoms with Gasteiger partial charge in [-0.15, -0.1) is 0 Å². The summed E-state index contributed by atoms with van der Waals surface area (Å²) in [5.74, 6) is -3.04. The van der Waals surface area contributed by atoms with Gasteiger partial charge in [-0.1, -0.05) is 62.7 Å². The van der Waals surface area contributed by atoms with Crippen molar-refractivity contribution in [3.63, 3.8) is 0 Å². The summed E-state index contributed by atoms with van der Waals surface area (Å²) in [6.07, 6.45) is 0.554. The number of amides is 2. The Balaban J connectivity index is 0.988. The topological polar surface area (TPSA) is 160 Å². The fourth-order valence-corrected chi connectivity index (χ4v) is 11.0. The Morgan fingerprint density at radius 2 is 1.77 bits per heavy atom. The highest BCUT2D eigenvalue weighted by atomic mass is 19.1. The van der Waals surface area contributed by atoms with Crippen LogP contribution in [0, 0.1) is 28.6 Å². The van der Waals surface area contributed by atoms with Gasteiger partial charge >= 0.3 is 6.09 Å². The minimum Gasteiger partial charge on any atom is -0.444 e. The monoisotopic (exact) mass is 832 g/mol. The van der Waals surface area contributed by atoms with Crippen LogP contribution in [0.1, 0.15) is 103 Å². The molecule has 3 saturated carbocycles. The molecule has 0 radical (unpaired) electrons. The minimum absolute atomic E-state index is 0.0202. The molecule has 1 aliphatic heterocycles. The Labute approximate surface area is 350 Å². The maximum Gasteiger partial charge on any atom is 0.407 e. The molecule has 7 rings (SSSR count). The maximum atomic E-state index is 17.7. The van der Waals surface area contributed by atoms with E-state index in [-0.39, 0.29) is 36.7 Å². The van der Waals surface area contributed by atoms with Gasteiger partial charge < -0.3 is 35.1 Å². The summed E-state index contributed by atoms with van der Waals surface area (Å²) in [5, 5.41) is 27.8. The van der Waals surface area contributed by atoms with Crippen molar-refractivity contribution in [1.29, 1.82) is 0 Å². The zero-order chi connectivity index (χ0) is 43.4. The van der Waals surface area contributed by atoms with Crippen molar-refractivity contribution in [2.75, 3.05) is 18.5 Å². The fourth-order valence-electron chi connectivity index (χ4n) is 11.0. The number of allylic oxidation sites excluding steroid dienone is 4. The number of hydrogen-bond donors (Lipinski definition) is 4. The lowest BCUT2D eigenvalue weighted by atomic mass is 9.44. The molecule has 0 aromatic heterocycles. The van der Waals surface area contributed by atoms with E-state index in [1.54, 1.807) is 6.92 Å². The Kier molecular flexibility index (Phi) is 11.8. The van der Waals surface area contributed by atoms with Gasteiger partial charge in [-0.05, 0) is 113 Å². The van der Waals surface area contributed by atoms with Gasteiger partial charge in [0, 0.05) is 40.5 Å². The highest BCUT2D eigenvalue weighted by Crippen LogP contribution is 2.72. The number of benzene rings is 2. The van der Waals surface area contributed by atoms with Gasteiger partial charge in [0.05, 0.1) is 12.2 Å². The molecule has 0 bridgehead atoms. The van der Waals surface area contributed by atoms with Gasteiger partial charge in [0.25, 0.3) is 0 Å². The normalized spacial score (nSPS) is 34.7. The molecule has 5 aliphatic rings. The second-order valence-corrected chi connectivity index (χ2v) is 18.9. The molecule has 1 heterocycles. The molecule has 60 heavy (non-hydrogen) atoms. The summed E-state index contributed by atoms with van der Waals surface area (Å²) < 4.78 is 52.0. The first-order chi connectivity index (χ1) is 28.3. The summed E-state index contributed by atoms with van der Waals surface area (Å²) in [6.45, 7) is 10.2. The second-order valence-electron chi connectivity index (χ2n) is 18.9. The Bertz CT molecular complexity index is 2070. The zero-order valence-corrected chi connectivity index (χ0v) is 35.3. The number of aliphatic hydroxyl groups excluding tert-OH is 2. The quantitative estimate of drug-likeness (QED) is 0.162. The van der Waals surface area contributed by atoms with Crippen LogP contribution in [0.15, 0.2) is 72.3 Å². The molecule has 0 unspecified atom stereocenters. The fraction of sp³-hybridized carbons (Fsp3) is 0.574. The summed E-state index contributed by atoms with van der Waals surface area (Å²) >= 11 is 0. The van der Waals surface area contributed by atoms with E-state index in [0.29, 0.717) is 30.6 Å². The minimum atomic E-state index is -2.33. The van der Waals surface area contributed by atoms with Crippen LogP contribution in [0.3, 0.4) is 0 Å². The summed E-state index contributed by atoms with van der Waals surface area (Å²) in [6, 6.07) is 15.2. The zero-order valence-electron chi connectivity index (χ0n) is 35.3. The third-order valence-corrected chi connectivity index (χ3v) is 14.0. The molecule has 2 aromatic rings. The standard InChI is InChI=1S/C47H58F2N2O9/c1-27(10-7-8-19-50-42(57)60-43(2,3)4)40(56)51-31-12-9-11-29(21-31)20-28-13-15-30(16-14-28)41-58-39-24-33-34-23-36(48)35-22-32(53)17-18-44(35,5)46(34,49)37(54)25-45(33,6)47(39,59-41)38(55)26-52/h9,11-18,21-22,27,33-34,36-37,39,41,52,54H,7-8,10,19-20,23-26H2,1-6H3,(H,50,57)(H,51,56)/t27-,33-,34-,36-,37-,39+,41+,44-,45-,46-,47+/m0/s1. The van der Waals surface area contributed by atoms with Crippen LogP contribution in [0.4, 0.5) is 19.3 Å². The predicted molar refractivity (Wildman–Crippen MR) is 219 cm³/mol. The first-order valence-electron chi connectivity index (χ1n) is 21.1. The maximum absolute atomic E-state index is 17.7. The number of rotatable bonds is 12. The van der Waals surface area contributed by atoms with Crippen LogP contribution >= 0.6 is 0 Å². The molecule has 2 amide bonds. The molecule has 13 heteroatoms. The molecule has 324 valence electrons. The Morgan fingerprint density at radius 1 is 1.03 bits per heavy atom. The second kappa shape index (κ2) is 16.2.